The number of aryl methyl sites for hydroxylation is 2. The number of ether oxygens (including phenoxy) is 1. The smallest absolute Gasteiger partial charge is 0.338 e. The molecule has 25 heavy (non-hydrogen) atoms. The van der Waals surface area contributed by atoms with Gasteiger partial charge in [-0.3, -0.25) is 14.9 Å². The van der Waals surface area contributed by atoms with E-state index in [2.05, 4.69) is 0 Å². The van der Waals surface area contributed by atoms with Crippen LogP contribution in [0.2, 0.25) is 0 Å². The molecule has 0 N–H and O–H groups in total. The van der Waals surface area contributed by atoms with E-state index in [0.29, 0.717) is 12.0 Å². The summed E-state index contributed by atoms with van der Waals surface area (Å²) in [6, 6.07) is 10.9. The fourth-order valence-corrected chi connectivity index (χ4v) is 2.45. The standard InChI is InChI=1S/C19H19NO5/c1-3-13-8-9-14(4-2)17(10-13)18(21)12-25-19(22)15-6-5-7-16(11-15)20(23)24/h5-11H,3-4,12H2,1-2H3. The Hall–Kier alpha value is -3.02. The van der Waals surface area contributed by atoms with Crippen LogP contribution in [0.15, 0.2) is 42.5 Å². The normalized spacial score (nSPS) is 10.3. The maximum atomic E-state index is 12.4. The summed E-state index contributed by atoms with van der Waals surface area (Å²) in [5.41, 5.74) is 2.32. The maximum Gasteiger partial charge on any atom is 0.338 e. The number of hydrogen-bond acceptors (Lipinski definition) is 5. The molecular formula is C19H19NO5. The molecule has 2 aromatic rings. The van der Waals surface area contributed by atoms with Crippen LogP contribution in [-0.2, 0) is 17.6 Å². The van der Waals surface area contributed by atoms with Gasteiger partial charge in [-0.15, -0.1) is 0 Å². The van der Waals surface area contributed by atoms with Crippen molar-refractivity contribution in [1.29, 1.82) is 0 Å². The Morgan fingerprint density at radius 1 is 1.08 bits per heavy atom. The Balaban J connectivity index is 2.10. The average Bonchev–Trinajstić information content (AvgIpc) is 2.65. The van der Waals surface area contributed by atoms with Gasteiger partial charge in [-0.2, -0.15) is 0 Å². The highest BCUT2D eigenvalue weighted by Gasteiger charge is 2.16. The first-order valence-corrected chi connectivity index (χ1v) is 8.02. The third-order valence-electron chi connectivity index (χ3n) is 3.89. The fourth-order valence-electron chi connectivity index (χ4n) is 2.45. The van der Waals surface area contributed by atoms with Gasteiger partial charge in [0, 0.05) is 17.7 Å². The minimum atomic E-state index is -0.762. The number of nitro benzene ring substituents is 1. The zero-order valence-electron chi connectivity index (χ0n) is 14.2. The third-order valence-corrected chi connectivity index (χ3v) is 3.89. The van der Waals surface area contributed by atoms with E-state index in [0.717, 1.165) is 23.6 Å². The zero-order valence-corrected chi connectivity index (χ0v) is 14.2. The predicted molar refractivity (Wildman–Crippen MR) is 92.9 cm³/mol. The van der Waals surface area contributed by atoms with Crippen molar-refractivity contribution >= 4 is 17.4 Å². The van der Waals surface area contributed by atoms with Crippen molar-refractivity contribution in [3.05, 3.63) is 74.8 Å². The second-order valence-corrected chi connectivity index (χ2v) is 5.51. The lowest BCUT2D eigenvalue weighted by Gasteiger charge is -2.10. The van der Waals surface area contributed by atoms with Gasteiger partial charge in [-0.1, -0.05) is 32.0 Å². The van der Waals surface area contributed by atoms with E-state index in [4.69, 9.17) is 4.74 Å². The Morgan fingerprint density at radius 3 is 2.48 bits per heavy atom. The third kappa shape index (κ3) is 4.50. The quantitative estimate of drug-likeness (QED) is 0.331. The Labute approximate surface area is 145 Å². The van der Waals surface area contributed by atoms with Crippen LogP contribution in [0.5, 0.6) is 0 Å². The van der Waals surface area contributed by atoms with E-state index < -0.39 is 17.5 Å². The summed E-state index contributed by atoms with van der Waals surface area (Å²) in [5, 5.41) is 10.8. The number of carbonyl (C=O) groups is 2. The highest BCUT2D eigenvalue weighted by atomic mass is 16.6. The molecule has 0 amide bonds. The summed E-state index contributed by atoms with van der Waals surface area (Å²) in [5.74, 6) is -1.05. The largest absolute Gasteiger partial charge is 0.454 e. The molecule has 0 saturated heterocycles. The molecule has 0 bridgehead atoms. The van der Waals surface area contributed by atoms with Crippen LogP contribution in [0.25, 0.3) is 0 Å². The molecular weight excluding hydrogens is 322 g/mol. The maximum absolute atomic E-state index is 12.4. The number of ketones is 1. The number of carbonyl (C=O) groups excluding carboxylic acids is 2. The molecule has 2 rings (SSSR count). The SMILES string of the molecule is CCc1ccc(CC)c(C(=O)COC(=O)c2cccc([N+](=O)[O-])c2)c1. The number of rotatable bonds is 7. The van der Waals surface area contributed by atoms with Crippen molar-refractivity contribution in [2.45, 2.75) is 26.7 Å². The number of non-ortho nitro benzene ring substituents is 1. The van der Waals surface area contributed by atoms with Crippen molar-refractivity contribution in [2.75, 3.05) is 6.61 Å². The molecule has 0 aliphatic carbocycles. The predicted octanol–water partition coefficient (Wildman–Crippen LogP) is 3.76. The number of benzene rings is 2. The lowest BCUT2D eigenvalue weighted by atomic mass is 9.98. The molecule has 0 atom stereocenters. The number of esters is 1. The summed E-state index contributed by atoms with van der Waals surface area (Å²) in [6.45, 7) is 3.55. The van der Waals surface area contributed by atoms with Gasteiger partial charge in [0.25, 0.3) is 5.69 Å². The molecule has 0 aliphatic heterocycles. The van der Waals surface area contributed by atoms with E-state index >= 15 is 0 Å². The summed E-state index contributed by atoms with van der Waals surface area (Å²) in [6.07, 6.45) is 1.50. The molecule has 6 nitrogen and oxygen atoms in total. The molecule has 0 fully saturated rings. The van der Waals surface area contributed by atoms with Gasteiger partial charge in [-0.25, -0.2) is 4.79 Å². The minimum Gasteiger partial charge on any atom is -0.454 e. The molecule has 0 heterocycles. The molecule has 2 aromatic carbocycles. The first-order chi connectivity index (χ1) is 12.0. The van der Waals surface area contributed by atoms with Gasteiger partial charge in [0.2, 0.25) is 5.78 Å². The number of nitrogens with zero attached hydrogens (tertiary/aromatic N) is 1. The van der Waals surface area contributed by atoms with E-state index in [1.54, 1.807) is 0 Å². The van der Waals surface area contributed by atoms with Crippen LogP contribution in [-0.4, -0.2) is 23.3 Å². The number of Topliss-reactive ketones (excluding diaryl/α,β-unsaturated/α-hetero) is 1. The van der Waals surface area contributed by atoms with Crippen LogP contribution in [0.4, 0.5) is 5.69 Å². The van der Waals surface area contributed by atoms with E-state index in [1.807, 2.05) is 32.0 Å². The van der Waals surface area contributed by atoms with Gasteiger partial charge in [0.15, 0.2) is 6.61 Å². The first-order valence-electron chi connectivity index (χ1n) is 8.02. The van der Waals surface area contributed by atoms with Crippen molar-refractivity contribution in [3.63, 3.8) is 0 Å². The summed E-state index contributed by atoms with van der Waals surface area (Å²) in [4.78, 5) is 34.6. The second-order valence-electron chi connectivity index (χ2n) is 5.51. The van der Waals surface area contributed by atoms with Crippen LogP contribution in [0.1, 0.15) is 45.7 Å². The molecule has 0 saturated carbocycles. The van der Waals surface area contributed by atoms with Crippen LogP contribution in [0.3, 0.4) is 0 Å². The minimum absolute atomic E-state index is 0.0417. The molecule has 0 unspecified atom stereocenters. The molecule has 0 radical (unpaired) electrons. The van der Waals surface area contributed by atoms with E-state index in [1.165, 1.54) is 18.2 Å². The van der Waals surface area contributed by atoms with Gasteiger partial charge in [-0.05, 0) is 36.1 Å². The molecule has 0 aromatic heterocycles. The lowest BCUT2D eigenvalue weighted by Crippen LogP contribution is -2.16. The van der Waals surface area contributed by atoms with Crippen LogP contribution >= 0.6 is 0 Å². The van der Waals surface area contributed by atoms with E-state index in [-0.39, 0.29) is 17.0 Å². The highest BCUT2D eigenvalue weighted by molar-refractivity contribution is 6.00. The van der Waals surface area contributed by atoms with Gasteiger partial charge in [0.1, 0.15) is 0 Å². The van der Waals surface area contributed by atoms with Gasteiger partial charge >= 0.3 is 5.97 Å². The van der Waals surface area contributed by atoms with Gasteiger partial charge in [0.05, 0.1) is 10.5 Å². The van der Waals surface area contributed by atoms with Crippen LogP contribution in [0, 0.1) is 10.1 Å². The Bertz CT molecular complexity index is 813. The summed E-state index contributed by atoms with van der Waals surface area (Å²) in [7, 11) is 0. The van der Waals surface area contributed by atoms with Crippen molar-refractivity contribution in [2.24, 2.45) is 0 Å². The summed E-state index contributed by atoms with van der Waals surface area (Å²) < 4.78 is 5.04. The molecule has 0 spiro atoms. The van der Waals surface area contributed by atoms with Gasteiger partial charge < -0.3 is 4.74 Å². The van der Waals surface area contributed by atoms with Crippen LogP contribution < -0.4 is 0 Å². The molecule has 130 valence electrons. The first kappa shape index (κ1) is 18.3. The second kappa shape index (κ2) is 8.19. The Kier molecular flexibility index (Phi) is 6.00. The topological polar surface area (TPSA) is 86.5 Å². The molecule has 0 aliphatic rings. The number of hydrogen-bond donors (Lipinski definition) is 0. The molecule has 6 heteroatoms. The van der Waals surface area contributed by atoms with Crippen molar-refractivity contribution in [3.8, 4) is 0 Å². The monoisotopic (exact) mass is 341 g/mol. The highest BCUT2D eigenvalue weighted by Crippen LogP contribution is 2.16. The lowest BCUT2D eigenvalue weighted by molar-refractivity contribution is -0.384. The Morgan fingerprint density at radius 2 is 1.84 bits per heavy atom. The summed E-state index contributed by atoms with van der Waals surface area (Å²) >= 11 is 0. The van der Waals surface area contributed by atoms with E-state index in [9.17, 15) is 19.7 Å². The van der Waals surface area contributed by atoms with Crippen molar-refractivity contribution < 1.29 is 19.2 Å². The number of nitro groups is 1. The average molecular weight is 341 g/mol. The fraction of sp³-hybridized carbons (Fsp3) is 0.263. The van der Waals surface area contributed by atoms with Crippen molar-refractivity contribution in [1.82, 2.24) is 0 Å². The zero-order chi connectivity index (χ0) is 18.4.